The van der Waals surface area contributed by atoms with Gasteiger partial charge in [-0.25, -0.2) is 0 Å². The van der Waals surface area contributed by atoms with Gasteiger partial charge in [-0.1, -0.05) is 35.9 Å². The Labute approximate surface area is 144 Å². The third-order valence-electron chi connectivity index (χ3n) is 3.50. The maximum atomic E-state index is 12.3. The van der Waals surface area contributed by atoms with Gasteiger partial charge in [0.05, 0.1) is 13.7 Å². The minimum Gasteiger partial charge on any atom is -0.497 e. The quantitative estimate of drug-likeness (QED) is 0.767. The molecule has 0 aliphatic heterocycles. The Bertz CT molecular complexity index is 861. The molecule has 1 aromatic heterocycles. The van der Waals surface area contributed by atoms with Crippen molar-refractivity contribution >= 4 is 23.3 Å². The van der Waals surface area contributed by atoms with Crippen LogP contribution < -0.4 is 10.1 Å². The van der Waals surface area contributed by atoms with Gasteiger partial charge in [0, 0.05) is 22.8 Å². The highest BCUT2D eigenvalue weighted by atomic mass is 35.5. The summed E-state index contributed by atoms with van der Waals surface area (Å²) in [4.78, 5) is 12.3. The fraction of sp³-hybridized carbons (Fsp3) is 0.111. The van der Waals surface area contributed by atoms with E-state index in [4.69, 9.17) is 16.3 Å². The summed E-state index contributed by atoms with van der Waals surface area (Å²) in [6, 6.07) is 16.3. The molecular formula is C18H16ClN3O2. The molecule has 122 valence electrons. The van der Waals surface area contributed by atoms with Crippen molar-refractivity contribution in [2.75, 3.05) is 12.4 Å². The molecule has 3 aromatic rings. The van der Waals surface area contributed by atoms with E-state index < -0.39 is 0 Å². The lowest BCUT2D eigenvalue weighted by molar-refractivity contribution is 0.102. The van der Waals surface area contributed by atoms with Crippen LogP contribution in [0.1, 0.15) is 15.9 Å². The van der Waals surface area contributed by atoms with E-state index in [9.17, 15) is 4.79 Å². The first kappa shape index (κ1) is 16.1. The lowest BCUT2D eigenvalue weighted by Gasteiger charge is -2.05. The predicted molar refractivity (Wildman–Crippen MR) is 93.7 cm³/mol. The summed E-state index contributed by atoms with van der Waals surface area (Å²) in [6.07, 6.45) is 1.80. The van der Waals surface area contributed by atoms with Crippen LogP contribution in [-0.2, 0) is 6.54 Å². The first-order valence-corrected chi connectivity index (χ1v) is 7.76. The summed E-state index contributed by atoms with van der Waals surface area (Å²) in [7, 11) is 1.56. The lowest BCUT2D eigenvalue weighted by atomic mass is 10.2. The normalized spacial score (nSPS) is 10.4. The molecule has 0 spiro atoms. The van der Waals surface area contributed by atoms with Crippen molar-refractivity contribution < 1.29 is 9.53 Å². The number of hydrogen-bond donors (Lipinski definition) is 1. The molecule has 0 fully saturated rings. The molecule has 3 rings (SSSR count). The maximum absolute atomic E-state index is 12.3. The standard InChI is InChI=1S/C18H16ClN3O2/c1-24-15-7-4-6-13(11-15)18(23)20-17-9-10-22(21-17)12-14-5-2-3-8-16(14)19/h2-11H,12H2,1H3,(H,20,21,23). The van der Waals surface area contributed by atoms with Gasteiger partial charge in [-0.2, -0.15) is 5.10 Å². The summed E-state index contributed by atoms with van der Waals surface area (Å²) in [5, 5.41) is 7.81. The number of nitrogens with one attached hydrogen (secondary N) is 1. The van der Waals surface area contributed by atoms with E-state index in [0.717, 1.165) is 5.56 Å². The second kappa shape index (κ2) is 7.19. The van der Waals surface area contributed by atoms with Gasteiger partial charge in [0.1, 0.15) is 5.75 Å². The van der Waals surface area contributed by atoms with Crippen LogP contribution in [0.4, 0.5) is 5.82 Å². The summed E-state index contributed by atoms with van der Waals surface area (Å²) < 4.78 is 6.85. The maximum Gasteiger partial charge on any atom is 0.256 e. The molecule has 1 N–H and O–H groups in total. The molecule has 0 aliphatic rings. The highest BCUT2D eigenvalue weighted by Gasteiger charge is 2.09. The van der Waals surface area contributed by atoms with Crippen LogP contribution in [0.2, 0.25) is 5.02 Å². The van der Waals surface area contributed by atoms with Crippen LogP contribution in [0.3, 0.4) is 0 Å². The van der Waals surface area contributed by atoms with E-state index >= 15 is 0 Å². The topological polar surface area (TPSA) is 56.1 Å². The minimum atomic E-state index is -0.239. The van der Waals surface area contributed by atoms with E-state index in [1.807, 2.05) is 24.3 Å². The van der Waals surface area contributed by atoms with E-state index in [1.165, 1.54) is 0 Å². The second-order valence-corrected chi connectivity index (χ2v) is 5.58. The van der Waals surface area contributed by atoms with Gasteiger partial charge in [-0.15, -0.1) is 0 Å². The van der Waals surface area contributed by atoms with Crippen molar-refractivity contribution in [1.29, 1.82) is 0 Å². The first-order chi connectivity index (χ1) is 11.7. The number of benzene rings is 2. The number of carbonyl (C=O) groups is 1. The van der Waals surface area contributed by atoms with Crippen LogP contribution in [0.5, 0.6) is 5.75 Å². The molecule has 0 unspecified atom stereocenters. The summed E-state index contributed by atoms with van der Waals surface area (Å²) in [5.74, 6) is 0.874. The van der Waals surface area contributed by atoms with E-state index in [2.05, 4.69) is 10.4 Å². The Morgan fingerprint density at radius 3 is 2.83 bits per heavy atom. The lowest BCUT2D eigenvalue weighted by Crippen LogP contribution is -2.13. The number of aromatic nitrogens is 2. The van der Waals surface area contributed by atoms with E-state index in [0.29, 0.717) is 28.7 Å². The van der Waals surface area contributed by atoms with Crippen LogP contribution in [0, 0.1) is 0 Å². The van der Waals surface area contributed by atoms with Crippen molar-refractivity contribution in [2.45, 2.75) is 6.54 Å². The van der Waals surface area contributed by atoms with Crippen molar-refractivity contribution in [3.8, 4) is 5.75 Å². The first-order valence-electron chi connectivity index (χ1n) is 7.38. The Morgan fingerprint density at radius 1 is 1.21 bits per heavy atom. The number of halogens is 1. The number of amides is 1. The Morgan fingerprint density at radius 2 is 2.04 bits per heavy atom. The fourth-order valence-electron chi connectivity index (χ4n) is 2.27. The summed E-state index contributed by atoms with van der Waals surface area (Å²) in [5.41, 5.74) is 1.47. The number of hydrogen-bond acceptors (Lipinski definition) is 3. The zero-order valence-corrected chi connectivity index (χ0v) is 13.8. The molecule has 6 heteroatoms. The molecule has 1 heterocycles. The average Bonchev–Trinajstić information content (AvgIpc) is 3.04. The number of anilines is 1. The number of rotatable bonds is 5. The number of methoxy groups -OCH3 is 1. The SMILES string of the molecule is COc1cccc(C(=O)Nc2ccn(Cc3ccccc3Cl)n2)c1. The molecule has 0 aliphatic carbocycles. The second-order valence-electron chi connectivity index (χ2n) is 5.18. The van der Waals surface area contributed by atoms with Gasteiger partial charge < -0.3 is 10.1 Å². The van der Waals surface area contributed by atoms with Gasteiger partial charge in [-0.3, -0.25) is 9.48 Å². The molecule has 0 saturated heterocycles. The van der Waals surface area contributed by atoms with E-state index in [-0.39, 0.29) is 5.91 Å². The van der Waals surface area contributed by atoms with Gasteiger partial charge in [0.2, 0.25) is 0 Å². The summed E-state index contributed by atoms with van der Waals surface area (Å²) in [6.45, 7) is 0.536. The van der Waals surface area contributed by atoms with Gasteiger partial charge in [-0.05, 0) is 29.8 Å². The number of ether oxygens (including phenoxy) is 1. The van der Waals surface area contributed by atoms with Crippen molar-refractivity contribution in [2.24, 2.45) is 0 Å². The Hall–Kier alpha value is -2.79. The van der Waals surface area contributed by atoms with Crippen molar-refractivity contribution in [3.05, 3.63) is 76.9 Å². The van der Waals surface area contributed by atoms with Crippen LogP contribution in [-0.4, -0.2) is 22.8 Å². The largest absolute Gasteiger partial charge is 0.497 e. The zero-order valence-electron chi connectivity index (χ0n) is 13.1. The molecule has 24 heavy (non-hydrogen) atoms. The Kier molecular flexibility index (Phi) is 4.82. The smallest absolute Gasteiger partial charge is 0.256 e. The van der Waals surface area contributed by atoms with Crippen LogP contribution in [0.15, 0.2) is 60.8 Å². The molecule has 0 radical (unpaired) electrons. The highest BCUT2D eigenvalue weighted by Crippen LogP contribution is 2.17. The fourth-order valence-corrected chi connectivity index (χ4v) is 2.47. The molecule has 5 nitrogen and oxygen atoms in total. The monoisotopic (exact) mass is 341 g/mol. The van der Waals surface area contributed by atoms with Crippen molar-refractivity contribution in [1.82, 2.24) is 9.78 Å². The number of carbonyl (C=O) groups excluding carboxylic acids is 1. The zero-order chi connectivity index (χ0) is 16.9. The highest BCUT2D eigenvalue weighted by molar-refractivity contribution is 6.31. The molecular weight excluding hydrogens is 326 g/mol. The molecule has 0 atom stereocenters. The van der Waals surface area contributed by atoms with E-state index in [1.54, 1.807) is 48.3 Å². The molecule has 0 bridgehead atoms. The Balaban J connectivity index is 1.69. The molecule has 2 aromatic carbocycles. The van der Waals surface area contributed by atoms with Crippen LogP contribution in [0.25, 0.3) is 0 Å². The van der Waals surface area contributed by atoms with Crippen molar-refractivity contribution in [3.63, 3.8) is 0 Å². The molecule has 0 saturated carbocycles. The van der Waals surface area contributed by atoms with Gasteiger partial charge in [0.15, 0.2) is 5.82 Å². The predicted octanol–water partition coefficient (Wildman–Crippen LogP) is 3.85. The third kappa shape index (κ3) is 3.75. The van der Waals surface area contributed by atoms with Gasteiger partial charge >= 0.3 is 0 Å². The molecule has 1 amide bonds. The van der Waals surface area contributed by atoms with Gasteiger partial charge in [0.25, 0.3) is 5.91 Å². The minimum absolute atomic E-state index is 0.239. The third-order valence-corrected chi connectivity index (χ3v) is 3.87. The average molecular weight is 342 g/mol. The summed E-state index contributed by atoms with van der Waals surface area (Å²) >= 11 is 6.15. The van der Waals surface area contributed by atoms with Crippen LogP contribution >= 0.6 is 11.6 Å². The number of nitrogens with zero attached hydrogens (tertiary/aromatic N) is 2.